The highest BCUT2D eigenvalue weighted by atomic mass is 35.5. The molecular formula is C13H15ClN2O. The third kappa shape index (κ3) is 2.68. The van der Waals surface area contributed by atoms with Crippen molar-refractivity contribution in [3.05, 3.63) is 52.3 Å². The molecule has 2 rings (SSSR count). The van der Waals surface area contributed by atoms with Gasteiger partial charge >= 0.3 is 0 Å². The molecule has 0 amide bonds. The van der Waals surface area contributed by atoms with Gasteiger partial charge in [0, 0.05) is 24.7 Å². The number of hydrogen-bond acceptors (Lipinski definition) is 2. The first-order valence-corrected chi connectivity index (χ1v) is 5.87. The SMILES string of the molecule is Cc1cccc(C(O)Cc2ccn(C)n2)c1Cl. The van der Waals surface area contributed by atoms with Crippen LogP contribution in [0.25, 0.3) is 0 Å². The van der Waals surface area contributed by atoms with Crippen molar-refractivity contribution in [2.75, 3.05) is 0 Å². The Morgan fingerprint density at radius 3 is 2.82 bits per heavy atom. The van der Waals surface area contributed by atoms with Gasteiger partial charge in [0.05, 0.1) is 11.8 Å². The van der Waals surface area contributed by atoms with E-state index in [2.05, 4.69) is 5.10 Å². The lowest BCUT2D eigenvalue weighted by atomic mass is 10.0. The quantitative estimate of drug-likeness (QED) is 0.910. The molecule has 0 spiro atoms. The van der Waals surface area contributed by atoms with Crippen LogP contribution >= 0.6 is 11.6 Å². The van der Waals surface area contributed by atoms with Crippen molar-refractivity contribution in [3.8, 4) is 0 Å². The van der Waals surface area contributed by atoms with Crippen molar-refractivity contribution in [1.29, 1.82) is 0 Å². The summed E-state index contributed by atoms with van der Waals surface area (Å²) in [5.74, 6) is 0. The second-order valence-corrected chi connectivity index (χ2v) is 4.56. The number of nitrogens with zero attached hydrogens (tertiary/aromatic N) is 2. The summed E-state index contributed by atoms with van der Waals surface area (Å²) in [5.41, 5.74) is 2.60. The van der Waals surface area contributed by atoms with Gasteiger partial charge in [-0.25, -0.2) is 0 Å². The molecule has 0 bridgehead atoms. The normalized spacial score (nSPS) is 12.7. The van der Waals surface area contributed by atoms with E-state index in [1.54, 1.807) is 4.68 Å². The third-order valence-electron chi connectivity index (χ3n) is 2.75. The van der Waals surface area contributed by atoms with E-state index < -0.39 is 6.10 Å². The van der Waals surface area contributed by atoms with E-state index in [-0.39, 0.29) is 0 Å². The zero-order chi connectivity index (χ0) is 12.4. The predicted octanol–water partition coefficient (Wildman–Crippen LogP) is 2.66. The second-order valence-electron chi connectivity index (χ2n) is 4.18. The number of hydrogen-bond donors (Lipinski definition) is 1. The van der Waals surface area contributed by atoms with Gasteiger partial charge in [-0.3, -0.25) is 4.68 Å². The van der Waals surface area contributed by atoms with Gasteiger partial charge in [-0.1, -0.05) is 29.8 Å². The Labute approximate surface area is 106 Å². The number of rotatable bonds is 3. The first kappa shape index (κ1) is 12.1. The number of aryl methyl sites for hydroxylation is 2. The summed E-state index contributed by atoms with van der Waals surface area (Å²) in [5, 5.41) is 15.0. The predicted molar refractivity (Wildman–Crippen MR) is 68.1 cm³/mol. The third-order valence-corrected chi connectivity index (χ3v) is 3.27. The van der Waals surface area contributed by atoms with Crippen LogP contribution in [0.2, 0.25) is 5.02 Å². The molecule has 0 aliphatic rings. The molecule has 1 heterocycles. The van der Waals surface area contributed by atoms with Crippen LogP contribution in [0.1, 0.15) is 22.9 Å². The van der Waals surface area contributed by atoms with Crippen LogP contribution in [-0.4, -0.2) is 14.9 Å². The molecule has 1 atom stereocenters. The molecule has 0 saturated heterocycles. The van der Waals surface area contributed by atoms with Crippen LogP contribution in [0.4, 0.5) is 0 Å². The topological polar surface area (TPSA) is 38.0 Å². The van der Waals surface area contributed by atoms with Crippen LogP contribution in [-0.2, 0) is 13.5 Å². The summed E-state index contributed by atoms with van der Waals surface area (Å²) in [6.07, 6.45) is 1.72. The number of aliphatic hydroxyl groups is 1. The summed E-state index contributed by atoms with van der Waals surface area (Å²) >= 11 is 6.17. The highest BCUT2D eigenvalue weighted by Gasteiger charge is 2.14. The monoisotopic (exact) mass is 250 g/mol. The molecule has 0 aliphatic carbocycles. The first-order chi connectivity index (χ1) is 8.08. The van der Waals surface area contributed by atoms with Gasteiger partial charge in [-0.15, -0.1) is 0 Å². The fourth-order valence-electron chi connectivity index (χ4n) is 1.81. The lowest BCUT2D eigenvalue weighted by Crippen LogP contribution is -2.04. The smallest absolute Gasteiger partial charge is 0.0860 e. The largest absolute Gasteiger partial charge is 0.388 e. The molecule has 2 aromatic rings. The molecule has 1 aromatic carbocycles. The van der Waals surface area contributed by atoms with Crippen LogP contribution < -0.4 is 0 Å². The van der Waals surface area contributed by atoms with Gasteiger partial charge < -0.3 is 5.11 Å². The van der Waals surface area contributed by atoms with Crippen molar-refractivity contribution in [3.63, 3.8) is 0 Å². The van der Waals surface area contributed by atoms with Crippen molar-refractivity contribution in [2.24, 2.45) is 7.05 Å². The van der Waals surface area contributed by atoms with Crippen molar-refractivity contribution >= 4 is 11.6 Å². The van der Waals surface area contributed by atoms with Gasteiger partial charge in [0.15, 0.2) is 0 Å². The maximum absolute atomic E-state index is 10.2. The van der Waals surface area contributed by atoms with Crippen LogP contribution in [0.15, 0.2) is 30.5 Å². The standard InChI is InChI=1S/C13H15ClN2O/c1-9-4-3-5-11(13(9)14)12(17)8-10-6-7-16(2)15-10/h3-7,12,17H,8H2,1-2H3. The number of aromatic nitrogens is 2. The van der Waals surface area contributed by atoms with Gasteiger partial charge in [-0.2, -0.15) is 5.10 Å². The Bertz CT molecular complexity index is 522. The summed E-state index contributed by atoms with van der Waals surface area (Å²) in [6.45, 7) is 1.93. The fraction of sp³-hybridized carbons (Fsp3) is 0.308. The minimum Gasteiger partial charge on any atom is -0.388 e. The minimum atomic E-state index is -0.614. The molecule has 1 N–H and O–H groups in total. The van der Waals surface area contributed by atoms with Crippen LogP contribution in [0, 0.1) is 6.92 Å². The van der Waals surface area contributed by atoms with E-state index in [1.807, 2.05) is 44.4 Å². The Morgan fingerprint density at radius 1 is 1.41 bits per heavy atom. The lowest BCUT2D eigenvalue weighted by Gasteiger charge is -2.12. The van der Waals surface area contributed by atoms with Crippen LogP contribution in [0.5, 0.6) is 0 Å². The zero-order valence-corrected chi connectivity index (χ0v) is 10.6. The highest BCUT2D eigenvalue weighted by Crippen LogP contribution is 2.27. The van der Waals surface area contributed by atoms with E-state index in [4.69, 9.17) is 11.6 Å². The van der Waals surface area contributed by atoms with Gasteiger partial charge in [-0.05, 0) is 24.1 Å². The van der Waals surface area contributed by atoms with Crippen LogP contribution in [0.3, 0.4) is 0 Å². The minimum absolute atomic E-state index is 0.476. The van der Waals surface area contributed by atoms with Gasteiger partial charge in [0.25, 0.3) is 0 Å². The summed E-state index contributed by atoms with van der Waals surface area (Å²) in [4.78, 5) is 0. The Hall–Kier alpha value is -1.32. The molecular weight excluding hydrogens is 236 g/mol. The molecule has 1 aromatic heterocycles. The summed E-state index contributed by atoms with van der Waals surface area (Å²) in [7, 11) is 1.86. The molecule has 0 aliphatic heterocycles. The Morgan fingerprint density at radius 2 is 2.18 bits per heavy atom. The molecule has 0 fully saturated rings. The van der Waals surface area contributed by atoms with Crippen molar-refractivity contribution in [2.45, 2.75) is 19.4 Å². The van der Waals surface area contributed by atoms with E-state index in [0.29, 0.717) is 11.4 Å². The van der Waals surface area contributed by atoms with E-state index >= 15 is 0 Å². The summed E-state index contributed by atoms with van der Waals surface area (Å²) in [6, 6.07) is 7.58. The van der Waals surface area contributed by atoms with Crippen molar-refractivity contribution < 1.29 is 5.11 Å². The lowest BCUT2D eigenvalue weighted by molar-refractivity contribution is 0.177. The number of aliphatic hydroxyl groups excluding tert-OH is 1. The zero-order valence-electron chi connectivity index (χ0n) is 9.89. The van der Waals surface area contributed by atoms with E-state index in [9.17, 15) is 5.11 Å². The maximum Gasteiger partial charge on any atom is 0.0860 e. The molecule has 0 saturated carbocycles. The average Bonchev–Trinajstić information content (AvgIpc) is 2.68. The van der Waals surface area contributed by atoms with E-state index in [0.717, 1.165) is 16.8 Å². The Kier molecular flexibility index (Phi) is 3.50. The Balaban J connectivity index is 2.20. The molecule has 90 valence electrons. The fourth-order valence-corrected chi connectivity index (χ4v) is 2.06. The van der Waals surface area contributed by atoms with Gasteiger partial charge in [0.2, 0.25) is 0 Å². The molecule has 4 heteroatoms. The average molecular weight is 251 g/mol. The maximum atomic E-state index is 10.2. The second kappa shape index (κ2) is 4.90. The van der Waals surface area contributed by atoms with E-state index in [1.165, 1.54) is 0 Å². The molecule has 0 radical (unpaired) electrons. The van der Waals surface area contributed by atoms with Gasteiger partial charge in [0.1, 0.15) is 0 Å². The number of halogens is 1. The molecule has 3 nitrogen and oxygen atoms in total. The first-order valence-electron chi connectivity index (χ1n) is 5.49. The molecule has 17 heavy (non-hydrogen) atoms. The summed E-state index contributed by atoms with van der Waals surface area (Å²) < 4.78 is 1.72. The number of benzene rings is 1. The highest BCUT2D eigenvalue weighted by molar-refractivity contribution is 6.32. The van der Waals surface area contributed by atoms with Crippen molar-refractivity contribution in [1.82, 2.24) is 9.78 Å². The molecule has 1 unspecified atom stereocenters.